The summed E-state index contributed by atoms with van der Waals surface area (Å²) < 4.78 is 0. The third-order valence-electron chi connectivity index (χ3n) is 6.21. The fourth-order valence-corrected chi connectivity index (χ4v) is 4.79. The van der Waals surface area contributed by atoms with Crippen LogP contribution in [0.15, 0.2) is 72.8 Å². The summed E-state index contributed by atoms with van der Waals surface area (Å²) in [6, 6.07) is 27.6. The zero-order chi connectivity index (χ0) is 17.5. The number of rotatable bonds is 3. The average molecular weight is 339 g/mol. The molecule has 130 valence electrons. The van der Waals surface area contributed by atoms with Gasteiger partial charge in [0.1, 0.15) is 0 Å². The lowest BCUT2D eigenvalue weighted by Crippen LogP contribution is -2.31. The molecule has 1 aliphatic heterocycles. The van der Waals surface area contributed by atoms with Crippen LogP contribution >= 0.6 is 0 Å². The van der Waals surface area contributed by atoms with Crippen LogP contribution in [0.25, 0.3) is 11.1 Å². The minimum Gasteiger partial charge on any atom is -0.292 e. The van der Waals surface area contributed by atoms with Crippen LogP contribution in [0.3, 0.4) is 0 Å². The Morgan fingerprint density at radius 2 is 1.62 bits per heavy atom. The smallest absolute Gasteiger partial charge is 0.0360 e. The number of likely N-dealkylation sites (tertiary alicyclic amines) is 1. The van der Waals surface area contributed by atoms with Gasteiger partial charge in [-0.05, 0) is 66.1 Å². The van der Waals surface area contributed by atoms with Gasteiger partial charge in [-0.2, -0.15) is 0 Å². The third-order valence-corrected chi connectivity index (χ3v) is 6.21. The standard InChI is InChI=1S/C25H25N/c1-18-7-9-20(10-8-18)21-11-12-23-22-13-14-26(25(16-22)24(23)15-21)17-19-5-3-2-4-6-19/h2-12,15,22,25H,13-14,16-17H2,1H3/t22-,25+/m1/s1. The second-order valence-electron chi connectivity index (χ2n) is 7.90. The Labute approximate surface area is 156 Å². The Morgan fingerprint density at radius 3 is 2.42 bits per heavy atom. The Hall–Kier alpha value is -2.38. The Bertz CT molecular complexity index is 911. The molecule has 2 atom stereocenters. The zero-order valence-corrected chi connectivity index (χ0v) is 15.4. The van der Waals surface area contributed by atoms with Gasteiger partial charge in [-0.3, -0.25) is 4.90 Å². The zero-order valence-electron chi connectivity index (χ0n) is 15.4. The monoisotopic (exact) mass is 339 g/mol. The van der Waals surface area contributed by atoms with Crippen LogP contribution in [0.2, 0.25) is 0 Å². The van der Waals surface area contributed by atoms with Crippen LogP contribution in [0.1, 0.15) is 47.1 Å². The van der Waals surface area contributed by atoms with Crippen molar-refractivity contribution in [3.05, 3.63) is 95.1 Å². The van der Waals surface area contributed by atoms with Gasteiger partial charge in [0, 0.05) is 12.6 Å². The maximum Gasteiger partial charge on any atom is 0.0360 e. The van der Waals surface area contributed by atoms with Crippen LogP contribution in [0.4, 0.5) is 0 Å². The lowest BCUT2D eigenvalue weighted by Gasteiger charge is -2.33. The lowest BCUT2D eigenvalue weighted by molar-refractivity contribution is 0.145. The Morgan fingerprint density at radius 1 is 0.846 bits per heavy atom. The van der Waals surface area contributed by atoms with Crippen molar-refractivity contribution in [2.24, 2.45) is 0 Å². The van der Waals surface area contributed by atoms with Crippen molar-refractivity contribution in [3.8, 4) is 11.1 Å². The number of fused-ring (bicyclic) bond motifs is 5. The number of hydrogen-bond acceptors (Lipinski definition) is 1. The molecule has 0 radical (unpaired) electrons. The Balaban J connectivity index is 1.48. The lowest BCUT2D eigenvalue weighted by atomic mass is 9.94. The fourth-order valence-electron chi connectivity index (χ4n) is 4.79. The van der Waals surface area contributed by atoms with Crippen molar-refractivity contribution in [2.45, 2.75) is 38.3 Å². The topological polar surface area (TPSA) is 3.24 Å². The van der Waals surface area contributed by atoms with Gasteiger partial charge in [0.05, 0.1) is 0 Å². The largest absolute Gasteiger partial charge is 0.292 e. The molecule has 1 heterocycles. The van der Waals surface area contributed by atoms with E-state index >= 15 is 0 Å². The number of piperidine rings is 1. The van der Waals surface area contributed by atoms with Crippen molar-refractivity contribution >= 4 is 0 Å². The molecule has 5 rings (SSSR count). The molecule has 1 nitrogen and oxygen atoms in total. The molecule has 0 saturated carbocycles. The van der Waals surface area contributed by atoms with Crippen LogP contribution in [0.5, 0.6) is 0 Å². The van der Waals surface area contributed by atoms with Gasteiger partial charge in [-0.25, -0.2) is 0 Å². The highest BCUT2D eigenvalue weighted by molar-refractivity contribution is 5.66. The van der Waals surface area contributed by atoms with E-state index in [2.05, 4.69) is 84.6 Å². The summed E-state index contributed by atoms with van der Waals surface area (Å²) >= 11 is 0. The number of benzene rings is 3. The van der Waals surface area contributed by atoms with Crippen LogP contribution in [-0.4, -0.2) is 11.4 Å². The maximum atomic E-state index is 2.69. The van der Waals surface area contributed by atoms with E-state index in [-0.39, 0.29) is 0 Å². The molecule has 2 bridgehead atoms. The van der Waals surface area contributed by atoms with Crippen LogP contribution in [-0.2, 0) is 6.54 Å². The molecule has 1 heteroatoms. The fraction of sp³-hybridized carbons (Fsp3) is 0.280. The van der Waals surface area contributed by atoms with Crippen molar-refractivity contribution in [1.29, 1.82) is 0 Å². The van der Waals surface area contributed by atoms with E-state index in [1.165, 1.54) is 41.6 Å². The molecule has 3 aromatic carbocycles. The van der Waals surface area contributed by atoms with Gasteiger partial charge in [-0.15, -0.1) is 0 Å². The predicted octanol–water partition coefficient (Wildman–Crippen LogP) is 6.10. The van der Waals surface area contributed by atoms with Crippen LogP contribution in [0, 0.1) is 6.92 Å². The van der Waals surface area contributed by atoms with Gasteiger partial charge in [-0.1, -0.05) is 72.3 Å². The highest BCUT2D eigenvalue weighted by atomic mass is 15.2. The molecular formula is C25H25N. The summed E-state index contributed by atoms with van der Waals surface area (Å²) in [4.78, 5) is 2.69. The SMILES string of the molecule is Cc1ccc(-c2ccc3c(c2)[C@@H]2C[C@H]3CCN2Cc2ccccc2)cc1. The molecule has 1 saturated heterocycles. The average Bonchev–Trinajstić information content (AvgIpc) is 2.98. The molecule has 0 N–H and O–H groups in total. The number of aryl methyl sites for hydroxylation is 1. The molecule has 0 unspecified atom stereocenters. The van der Waals surface area contributed by atoms with E-state index in [0.717, 1.165) is 12.5 Å². The van der Waals surface area contributed by atoms with E-state index in [0.29, 0.717) is 6.04 Å². The van der Waals surface area contributed by atoms with E-state index in [1.807, 2.05) is 0 Å². The minimum absolute atomic E-state index is 0.578. The second-order valence-corrected chi connectivity index (χ2v) is 7.90. The highest BCUT2D eigenvalue weighted by Gasteiger charge is 2.38. The van der Waals surface area contributed by atoms with Gasteiger partial charge in [0.2, 0.25) is 0 Å². The van der Waals surface area contributed by atoms with E-state index in [4.69, 9.17) is 0 Å². The van der Waals surface area contributed by atoms with Crippen molar-refractivity contribution in [2.75, 3.05) is 6.54 Å². The number of nitrogens with zero attached hydrogens (tertiary/aromatic N) is 1. The van der Waals surface area contributed by atoms with E-state index in [9.17, 15) is 0 Å². The second kappa shape index (κ2) is 6.41. The first-order chi connectivity index (χ1) is 12.8. The van der Waals surface area contributed by atoms with Gasteiger partial charge < -0.3 is 0 Å². The summed E-state index contributed by atoms with van der Waals surface area (Å²) in [5, 5.41) is 0. The van der Waals surface area contributed by atoms with E-state index < -0.39 is 0 Å². The van der Waals surface area contributed by atoms with Gasteiger partial charge >= 0.3 is 0 Å². The number of hydrogen-bond donors (Lipinski definition) is 0. The molecule has 0 aromatic heterocycles. The Kier molecular flexibility index (Phi) is 3.90. The summed E-state index contributed by atoms with van der Waals surface area (Å²) in [6.45, 7) is 4.42. The molecule has 0 amide bonds. The third kappa shape index (κ3) is 2.77. The molecule has 0 spiro atoms. The van der Waals surface area contributed by atoms with Gasteiger partial charge in [0.15, 0.2) is 0 Å². The molecule has 2 aliphatic rings. The first-order valence-corrected chi connectivity index (χ1v) is 9.77. The first kappa shape index (κ1) is 15.8. The molecule has 3 aromatic rings. The van der Waals surface area contributed by atoms with Gasteiger partial charge in [0.25, 0.3) is 0 Å². The summed E-state index contributed by atoms with van der Waals surface area (Å²) in [7, 11) is 0. The summed E-state index contributed by atoms with van der Waals surface area (Å²) in [6.07, 6.45) is 2.58. The first-order valence-electron chi connectivity index (χ1n) is 9.77. The summed E-state index contributed by atoms with van der Waals surface area (Å²) in [5.74, 6) is 0.758. The minimum atomic E-state index is 0.578. The van der Waals surface area contributed by atoms with Crippen LogP contribution < -0.4 is 0 Å². The highest BCUT2D eigenvalue weighted by Crippen LogP contribution is 2.50. The van der Waals surface area contributed by atoms with Crippen molar-refractivity contribution < 1.29 is 0 Å². The normalized spacial score (nSPS) is 21.6. The summed E-state index contributed by atoms with van der Waals surface area (Å²) in [5.41, 5.74) is 8.60. The predicted molar refractivity (Wildman–Crippen MR) is 108 cm³/mol. The quantitative estimate of drug-likeness (QED) is 0.557. The maximum absolute atomic E-state index is 2.69. The van der Waals surface area contributed by atoms with E-state index in [1.54, 1.807) is 11.1 Å². The van der Waals surface area contributed by atoms with Crippen molar-refractivity contribution in [3.63, 3.8) is 0 Å². The molecule has 1 fully saturated rings. The molecule has 26 heavy (non-hydrogen) atoms. The van der Waals surface area contributed by atoms with Crippen molar-refractivity contribution in [1.82, 2.24) is 4.90 Å². The molecule has 1 aliphatic carbocycles. The molecular weight excluding hydrogens is 314 g/mol.